The van der Waals surface area contributed by atoms with Gasteiger partial charge in [0.1, 0.15) is 0 Å². The van der Waals surface area contributed by atoms with Gasteiger partial charge in [-0.2, -0.15) is 0 Å². The SMILES string of the molecule is COC(C)(C)CCOC(=O)C1(CN)CCOCC1. The Morgan fingerprint density at radius 3 is 2.50 bits per heavy atom. The van der Waals surface area contributed by atoms with Crippen molar-refractivity contribution in [3.63, 3.8) is 0 Å². The van der Waals surface area contributed by atoms with Crippen molar-refractivity contribution >= 4 is 5.97 Å². The van der Waals surface area contributed by atoms with E-state index in [0.29, 0.717) is 45.6 Å². The standard InChI is InChI=1S/C13H25NO4/c1-12(2,16-3)4-9-18-11(15)13(10-14)5-7-17-8-6-13/h4-10,14H2,1-3H3. The summed E-state index contributed by atoms with van der Waals surface area (Å²) in [6, 6.07) is 0. The summed E-state index contributed by atoms with van der Waals surface area (Å²) in [7, 11) is 1.65. The third-order valence-corrected chi connectivity index (χ3v) is 3.76. The summed E-state index contributed by atoms with van der Waals surface area (Å²) in [5.74, 6) is -0.194. The van der Waals surface area contributed by atoms with E-state index < -0.39 is 5.41 Å². The molecule has 18 heavy (non-hydrogen) atoms. The van der Waals surface area contributed by atoms with Gasteiger partial charge >= 0.3 is 5.97 Å². The summed E-state index contributed by atoms with van der Waals surface area (Å²) < 4.78 is 15.9. The number of hydrogen-bond acceptors (Lipinski definition) is 5. The molecule has 1 saturated heterocycles. The van der Waals surface area contributed by atoms with Crippen LogP contribution in [0.2, 0.25) is 0 Å². The maximum absolute atomic E-state index is 12.1. The first-order chi connectivity index (χ1) is 8.46. The summed E-state index contributed by atoms with van der Waals surface area (Å²) in [4.78, 5) is 12.1. The van der Waals surface area contributed by atoms with E-state index in [-0.39, 0.29) is 11.6 Å². The van der Waals surface area contributed by atoms with Gasteiger partial charge in [0.2, 0.25) is 0 Å². The van der Waals surface area contributed by atoms with Crippen molar-refractivity contribution in [3.05, 3.63) is 0 Å². The van der Waals surface area contributed by atoms with Crippen LogP contribution < -0.4 is 5.73 Å². The number of methoxy groups -OCH3 is 1. The van der Waals surface area contributed by atoms with Crippen LogP contribution >= 0.6 is 0 Å². The highest BCUT2D eigenvalue weighted by atomic mass is 16.5. The van der Waals surface area contributed by atoms with Crippen molar-refractivity contribution < 1.29 is 19.0 Å². The van der Waals surface area contributed by atoms with Crippen molar-refractivity contribution in [2.24, 2.45) is 11.1 Å². The lowest BCUT2D eigenvalue weighted by Crippen LogP contribution is -2.44. The third kappa shape index (κ3) is 3.93. The van der Waals surface area contributed by atoms with Crippen molar-refractivity contribution in [2.75, 3.05) is 33.5 Å². The highest BCUT2D eigenvalue weighted by molar-refractivity contribution is 5.77. The van der Waals surface area contributed by atoms with Gasteiger partial charge in [-0.1, -0.05) is 0 Å². The predicted octanol–water partition coefficient (Wildman–Crippen LogP) is 1.10. The molecular formula is C13H25NO4. The molecule has 0 aromatic rings. The minimum absolute atomic E-state index is 0.194. The second-order valence-electron chi connectivity index (χ2n) is 5.45. The lowest BCUT2D eigenvalue weighted by atomic mass is 9.80. The van der Waals surface area contributed by atoms with Crippen LogP contribution in [0.25, 0.3) is 0 Å². The summed E-state index contributed by atoms with van der Waals surface area (Å²) >= 11 is 0. The number of rotatable bonds is 6. The van der Waals surface area contributed by atoms with Gasteiger partial charge in [-0.15, -0.1) is 0 Å². The summed E-state index contributed by atoms with van der Waals surface area (Å²) in [5, 5.41) is 0. The Labute approximate surface area is 109 Å². The average molecular weight is 259 g/mol. The molecule has 0 bridgehead atoms. The van der Waals surface area contributed by atoms with Crippen LogP contribution in [0.5, 0.6) is 0 Å². The van der Waals surface area contributed by atoms with E-state index in [9.17, 15) is 4.79 Å². The molecule has 1 rings (SSSR count). The van der Waals surface area contributed by atoms with Crippen LogP contribution in [-0.4, -0.2) is 45.0 Å². The summed E-state index contributed by atoms with van der Waals surface area (Å²) in [6.07, 6.45) is 1.97. The van der Waals surface area contributed by atoms with Crippen LogP contribution in [0.3, 0.4) is 0 Å². The summed E-state index contributed by atoms with van der Waals surface area (Å²) in [6.45, 7) is 5.78. The second kappa shape index (κ2) is 6.50. The number of carbonyl (C=O) groups excluding carboxylic acids is 1. The molecule has 106 valence electrons. The van der Waals surface area contributed by atoms with E-state index in [0.717, 1.165) is 0 Å². The molecule has 5 nitrogen and oxygen atoms in total. The fraction of sp³-hybridized carbons (Fsp3) is 0.923. The zero-order valence-corrected chi connectivity index (χ0v) is 11.7. The van der Waals surface area contributed by atoms with Crippen molar-refractivity contribution in [2.45, 2.75) is 38.7 Å². The molecule has 0 aromatic heterocycles. The van der Waals surface area contributed by atoms with Gasteiger partial charge in [-0.25, -0.2) is 0 Å². The molecule has 0 saturated carbocycles. The number of hydrogen-bond donors (Lipinski definition) is 1. The van der Waals surface area contributed by atoms with Crippen LogP contribution in [0.1, 0.15) is 33.1 Å². The van der Waals surface area contributed by atoms with Crippen molar-refractivity contribution in [1.82, 2.24) is 0 Å². The van der Waals surface area contributed by atoms with Gasteiger partial charge in [-0.3, -0.25) is 4.79 Å². The molecule has 0 unspecified atom stereocenters. The van der Waals surface area contributed by atoms with Gasteiger partial charge in [0.15, 0.2) is 0 Å². The Balaban J connectivity index is 2.43. The van der Waals surface area contributed by atoms with Gasteiger partial charge in [0, 0.05) is 33.3 Å². The van der Waals surface area contributed by atoms with E-state index in [1.54, 1.807) is 7.11 Å². The lowest BCUT2D eigenvalue weighted by Gasteiger charge is -2.34. The van der Waals surface area contributed by atoms with Crippen LogP contribution in [0.4, 0.5) is 0 Å². The molecule has 2 N–H and O–H groups in total. The average Bonchev–Trinajstić information content (AvgIpc) is 2.39. The monoisotopic (exact) mass is 259 g/mol. The third-order valence-electron chi connectivity index (χ3n) is 3.76. The first kappa shape index (κ1) is 15.4. The zero-order chi connectivity index (χ0) is 13.6. The van der Waals surface area contributed by atoms with E-state index in [1.807, 2.05) is 13.8 Å². The van der Waals surface area contributed by atoms with Gasteiger partial charge < -0.3 is 19.9 Å². The minimum Gasteiger partial charge on any atom is -0.465 e. The minimum atomic E-state index is -0.546. The Bertz CT molecular complexity index is 272. The first-order valence-electron chi connectivity index (χ1n) is 6.46. The van der Waals surface area contributed by atoms with E-state index in [4.69, 9.17) is 19.9 Å². The predicted molar refractivity (Wildman–Crippen MR) is 68.2 cm³/mol. The van der Waals surface area contributed by atoms with E-state index in [2.05, 4.69) is 0 Å². The normalized spacial score (nSPS) is 19.6. The van der Waals surface area contributed by atoms with Crippen molar-refractivity contribution in [1.29, 1.82) is 0 Å². The van der Waals surface area contributed by atoms with Crippen LogP contribution in [0, 0.1) is 5.41 Å². The van der Waals surface area contributed by atoms with Crippen molar-refractivity contribution in [3.8, 4) is 0 Å². The maximum atomic E-state index is 12.1. The van der Waals surface area contributed by atoms with Gasteiger partial charge in [0.25, 0.3) is 0 Å². The molecule has 5 heteroatoms. The molecule has 1 aliphatic heterocycles. The molecule has 0 aromatic carbocycles. The first-order valence-corrected chi connectivity index (χ1v) is 6.46. The summed E-state index contributed by atoms with van der Waals surface area (Å²) in [5.41, 5.74) is 4.92. The van der Waals surface area contributed by atoms with Crippen LogP contribution in [0.15, 0.2) is 0 Å². The molecule has 0 aliphatic carbocycles. The molecule has 0 amide bonds. The Morgan fingerprint density at radius 2 is 2.00 bits per heavy atom. The van der Waals surface area contributed by atoms with E-state index in [1.165, 1.54) is 0 Å². The molecule has 1 heterocycles. The molecule has 1 aliphatic rings. The van der Waals surface area contributed by atoms with Crippen LogP contribution in [-0.2, 0) is 19.0 Å². The Kier molecular flexibility index (Phi) is 5.56. The second-order valence-corrected chi connectivity index (χ2v) is 5.45. The fourth-order valence-corrected chi connectivity index (χ4v) is 1.90. The van der Waals surface area contributed by atoms with E-state index >= 15 is 0 Å². The number of ether oxygens (including phenoxy) is 3. The highest BCUT2D eigenvalue weighted by Gasteiger charge is 2.40. The number of carbonyl (C=O) groups is 1. The molecule has 0 spiro atoms. The largest absolute Gasteiger partial charge is 0.465 e. The lowest BCUT2D eigenvalue weighted by molar-refractivity contribution is -0.162. The molecule has 0 atom stereocenters. The smallest absolute Gasteiger partial charge is 0.313 e. The fourth-order valence-electron chi connectivity index (χ4n) is 1.90. The Hall–Kier alpha value is -0.650. The highest BCUT2D eigenvalue weighted by Crippen LogP contribution is 2.31. The topological polar surface area (TPSA) is 70.8 Å². The van der Waals surface area contributed by atoms with Gasteiger partial charge in [0.05, 0.1) is 17.6 Å². The molecule has 0 radical (unpaired) electrons. The number of esters is 1. The molecular weight excluding hydrogens is 234 g/mol. The molecule has 1 fully saturated rings. The Morgan fingerprint density at radius 1 is 1.39 bits per heavy atom. The number of nitrogens with two attached hydrogens (primary N) is 1. The van der Waals surface area contributed by atoms with Gasteiger partial charge in [-0.05, 0) is 26.7 Å². The zero-order valence-electron chi connectivity index (χ0n) is 11.7. The quantitative estimate of drug-likeness (QED) is 0.723. The maximum Gasteiger partial charge on any atom is 0.313 e.